The zero-order valence-electron chi connectivity index (χ0n) is 19.4. The van der Waals surface area contributed by atoms with Crippen LogP contribution in [0.1, 0.15) is 43.9 Å². The number of aryl methyl sites for hydroxylation is 2. The van der Waals surface area contributed by atoms with E-state index in [1.54, 1.807) is 10.4 Å². The first kappa shape index (κ1) is 22.8. The maximum absolute atomic E-state index is 13.3. The average Bonchev–Trinajstić information content (AvgIpc) is 3.10. The van der Waals surface area contributed by atoms with Crippen molar-refractivity contribution in [3.05, 3.63) is 58.4 Å². The lowest BCUT2D eigenvalue weighted by atomic mass is 9.92. The van der Waals surface area contributed by atoms with E-state index in [2.05, 4.69) is 40.0 Å². The molecule has 0 amide bonds. The highest BCUT2D eigenvalue weighted by Gasteiger charge is 2.29. The summed E-state index contributed by atoms with van der Waals surface area (Å²) in [6.45, 7) is 7.34. The number of aromatic nitrogens is 2. The Balaban J connectivity index is 1.32. The van der Waals surface area contributed by atoms with Crippen LogP contribution in [-0.2, 0) is 29.5 Å². The second kappa shape index (κ2) is 8.98. The van der Waals surface area contributed by atoms with Crippen molar-refractivity contribution in [3.8, 4) is 0 Å². The van der Waals surface area contributed by atoms with Crippen LogP contribution in [0.4, 0.5) is 0 Å². The Morgan fingerprint density at radius 3 is 2.27 bits per heavy atom. The van der Waals surface area contributed by atoms with Crippen LogP contribution in [0, 0.1) is 4.77 Å². The molecule has 33 heavy (non-hydrogen) atoms. The number of hydrogen-bond acceptors (Lipinski definition) is 4. The van der Waals surface area contributed by atoms with Crippen molar-refractivity contribution in [3.63, 3.8) is 0 Å². The second-order valence-electron chi connectivity index (χ2n) is 9.46. The molecule has 0 N–H and O–H groups in total. The Kier molecular flexibility index (Phi) is 6.20. The van der Waals surface area contributed by atoms with Crippen LogP contribution in [-0.4, -0.2) is 52.9 Å². The van der Waals surface area contributed by atoms with Crippen LogP contribution in [0.5, 0.6) is 0 Å². The fourth-order valence-corrected chi connectivity index (χ4v) is 7.14. The summed E-state index contributed by atoms with van der Waals surface area (Å²) < 4.78 is 33.5. The summed E-state index contributed by atoms with van der Waals surface area (Å²) >= 11 is 5.83. The molecule has 8 heteroatoms. The Bertz CT molecular complexity index is 1330. The van der Waals surface area contributed by atoms with E-state index in [4.69, 9.17) is 12.2 Å². The Morgan fingerprint density at radius 1 is 0.909 bits per heavy atom. The SMILES string of the molecule is CC(C)n1c(=S)n(CN2CCN(S(=O)(=O)c3ccc4c(c3)CCCC4)CC2)c2ccccc21. The fourth-order valence-electron chi connectivity index (χ4n) is 5.20. The third kappa shape index (κ3) is 4.18. The van der Waals surface area contributed by atoms with Gasteiger partial charge in [0.15, 0.2) is 4.77 Å². The highest BCUT2D eigenvalue weighted by molar-refractivity contribution is 7.89. The predicted molar refractivity (Wildman–Crippen MR) is 135 cm³/mol. The van der Waals surface area contributed by atoms with Gasteiger partial charge in [0.1, 0.15) is 0 Å². The molecule has 0 saturated carbocycles. The summed E-state index contributed by atoms with van der Waals surface area (Å²) in [6.07, 6.45) is 4.38. The maximum Gasteiger partial charge on any atom is 0.243 e. The van der Waals surface area contributed by atoms with Gasteiger partial charge < -0.3 is 9.13 Å². The molecule has 1 aliphatic heterocycles. The molecule has 0 atom stereocenters. The van der Waals surface area contributed by atoms with Gasteiger partial charge in [0.25, 0.3) is 0 Å². The normalized spacial score (nSPS) is 18.2. The number of nitrogens with zero attached hydrogens (tertiary/aromatic N) is 4. The highest BCUT2D eigenvalue weighted by Crippen LogP contribution is 2.27. The molecule has 6 nitrogen and oxygen atoms in total. The number of imidazole rings is 1. The summed E-state index contributed by atoms with van der Waals surface area (Å²) in [6, 6.07) is 14.3. The van der Waals surface area contributed by atoms with Crippen LogP contribution in [0.3, 0.4) is 0 Å². The number of benzene rings is 2. The Morgan fingerprint density at radius 2 is 1.58 bits per heavy atom. The number of fused-ring (bicyclic) bond motifs is 2. The van der Waals surface area contributed by atoms with Crippen molar-refractivity contribution in [1.82, 2.24) is 18.3 Å². The van der Waals surface area contributed by atoms with Crippen molar-refractivity contribution in [2.75, 3.05) is 26.2 Å². The molecular formula is C25H32N4O2S2. The number of hydrogen-bond donors (Lipinski definition) is 0. The van der Waals surface area contributed by atoms with Crippen molar-refractivity contribution in [2.24, 2.45) is 0 Å². The fraction of sp³-hybridized carbons (Fsp3) is 0.480. The monoisotopic (exact) mass is 484 g/mol. The average molecular weight is 485 g/mol. The van der Waals surface area contributed by atoms with Gasteiger partial charge in [-0.05, 0) is 87.1 Å². The first-order valence-electron chi connectivity index (χ1n) is 11.9. The standard InChI is InChI=1S/C25H32N4O2S2/c1-19(2)29-24-10-6-5-9-23(24)28(25(29)32)18-26-13-15-27(16-14-26)33(30,31)22-12-11-20-7-3-4-8-21(20)17-22/h5-6,9-12,17,19H,3-4,7-8,13-16,18H2,1-2H3. The van der Waals surface area contributed by atoms with E-state index in [0.717, 1.165) is 35.1 Å². The van der Waals surface area contributed by atoms with Crippen molar-refractivity contribution < 1.29 is 8.42 Å². The first-order chi connectivity index (χ1) is 15.9. The highest BCUT2D eigenvalue weighted by atomic mass is 32.2. The van der Waals surface area contributed by atoms with Gasteiger partial charge in [-0.1, -0.05) is 18.2 Å². The predicted octanol–water partition coefficient (Wildman–Crippen LogP) is 4.60. The Hall–Kier alpha value is -2.00. The second-order valence-corrected chi connectivity index (χ2v) is 11.8. The third-order valence-corrected chi connectivity index (χ3v) is 9.33. The van der Waals surface area contributed by atoms with E-state index >= 15 is 0 Å². The van der Waals surface area contributed by atoms with E-state index in [1.807, 2.05) is 24.3 Å². The van der Waals surface area contributed by atoms with Gasteiger partial charge in [-0.2, -0.15) is 4.31 Å². The van der Waals surface area contributed by atoms with E-state index in [0.29, 0.717) is 37.7 Å². The molecule has 0 spiro atoms. The molecule has 2 aromatic carbocycles. The van der Waals surface area contributed by atoms with Gasteiger partial charge in [-0.3, -0.25) is 4.90 Å². The van der Waals surface area contributed by atoms with Gasteiger partial charge in [0, 0.05) is 32.2 Å². The molecule has 2 aliphatic rings. The molecule has 2 heterocycles. The smallest absolute Gasteiger partial charge is 0.243 e. The zero-order chi connectivity index (χ0) is 23.2. The van der Waals surface area contributed by atoms with E-state index < -0.39 is 10.0 Å². The third-order valence-electron chi connectivity index (χ3n) is 7.02. The van der Waals surface area contributed by atoms with Gasteiger partial charge in [0.2, 0.25) is 10.0 Å². The van der Waals surface area contributed by atoms with Crippen LogP contribution in [0.15, 0.2) is 47.4 Å². The summed E-state index contributed by atoms with van der Waals surface area (Å²) in [7, 11) is -3.47. The largest absolute Gasteiger partial charge is 0.314 e. The number of sulfonamides is 1. The summed E-state index contributed by atoms with van der Waals surface area (Å²) in [5, 5.41) is 0. The molecule has 176 valence electrons. The van der Waals surface area contributed by atoms with E-state index in [9.17, 15) is 8.42 Å². The lowest BCUT2D eigenvalue weighted by Crippen LogP contribution is -2.48. The quantitative estimate of drug-likeness (QED) is 0.497. The Labute approximate surface area is 201 Å². The van der Waals surface area contributed by atoms with E-state index in [1.165, 1.54) is 17.5 Å². The van der Waals surface area contributed by atoms with Crippen LogP contribution >= 0.6 is 12.2 Å². The summed E-state index contributed by atoms with van der Waals surface area (Å²) in [4.78, 5) is 2.74. The lowest BCUT2D eigenvalue weighted by molar-refractivity contribution is 0.153. The van der Waals surface area contributed by atoms with Crippen LogP contribution in [0.25, 0.3) is 11.0 Å². The molecule has 1 aromatic heterocycles. The van der Waals surface area contributed by atoms with Crippen molar-refractivity contribution >= 4 is 33.3 Å². The topological polar surface area (TPSA) is 50.5 Å². The molecule has 1 aliphatic carbocycles. The molecule has 1 saturated heterocycles. The summed E-state index contributed by atoms with van der Waals surface area (Å²) in [5.41, 5.74) is 4.78. The lowest BCUT2D eigenvalue weighted by Gasteiger charge is -2.34. The molecule has 3 aromatic rings. The van der Waals surface area contributed by atoms with Gasteiger partial charge in [-0.25, -0.2) is 8.42 Å². The minimum absolute atomic E-state index is 0.280. The summed E-state index contributed by atoms with van der Waals surface area (Å²) in [5.74, 6) is 0. The molecule has 0 radical (unpaired) electrons. The van der Waals surface area contributed by atoms with Crippen molar-refractivity contribution in [2.45, 2.75) is 57.1 Å². The zero-order valence-corrected chi connectivity index (χ0v) is 21.0. The first-order valence-corrected chi connectivity index (χ1v) is 13.7. The van der Waals surface area contributed by atoms with Gasteiger partial charge >= 0.3 is 0 Å². The maximum atomic E-state index is 13.3. The van der Waals surface area contributed by atoms with Crippen LogP contribution < -0.4 is 0 Å². The van der Waals surface area contributed by atoms with E-state index in [-0.39, 0.29) is 6.04 Å². The minimum Gasteiger partial charge on any atom is -0.314 e. The van der Waals surface area contributed by atoms with Crippen LogP contribution in [0.2, 0.25) is 0 Å². The molecule has 0 bridgehead atoms. The van der Waals surface area contributed by atoms with Gasteiger partial charge in [-0.15, -0.1) is 0 Å². The molecule has 5 rings (SSSR count). The number of para-hydroxylation sites is 2. The molecule has 0 unspecified atom stereocenters. The number of rotatable bonds is 5. The van der Waals surface area contributed by atoms with Gasteiger partial charge in [0.05, 0.1) is 22.6 Å². The molecular weight excluding hydrogens is 452 g/mol. The minimum atomic E-state index is -3.47. The van der Waals surface area contributed by atoms with Crippen molar-refractivity contribution in [1.29, 1.82) is 0 Å². The molecule has 1 fully saturated rings. The number of piperazine rings is 1.